The lowest BCUT2D eigenvalue weighted by Gasteiger charge is -2.17. The topological polar surface area (TPSA) is 99.4 Å². The molecule has 0 aliphatic rings. The molecule has 0 spiro atoms. The Morgan fingerprint density at radius 2 is 2.08 bits per heavy atom. The molecule has 1 aromatic carbocycles. The van der Waals surface area contributed by atoms with Gasteiger partial charge in [0, 0.05) is 13.6 Å². The highest BCUT2D eigenvalue weighted by Crippen LogP contribution is 2.24. The smallest absolute Gasteiger partial charge is 0.294 e. The number of carbonyl (C=O) groups excluding carboxylic acids is 1. The average molecular weight is 394 g/mol. The van der Waals surface area contributed by atoms with Gasteiger partial charge >= 0.3 is 0 Å². The number of halogens is 2. The summed E-state index contributed by atoms with van der Waals surface area (Å²) in [6.45, 7) is 0.180. The first kappa shape index (κ1) is 18.0. The lowest BCUT2D eigenvalue weighted by Crippen LogP contribution is -2.29. The Bertz CT molecular complexity index is 1020. The van der Waals surface area contributed by atoms with Crippen LogP contribution in [-0.2, 0) is 6.54 Å². The highest BCUT2D eigenvalue weighted by atomic mass is 35.5. The number of amides is 1. The molecular weight excluding hydrogens is 381 g/mol. The van der Waals surface area contributed by atoms with Crippen molar-refractivity contribution in [3.63, 3.8) is 0 Å². The zero-order chi connectivity index (χ0) is 18.8. The number of benzene rings is 1. The fourth-order valence-electron chi connectivity index (χ4n) is 2.31. The molecule has 0 fully saturated rings. The Morgan fingerprint density at radius 3 is 2.73 bits per heavy atom. The first-order valence-corrected chi connectivity index (χ1v) is 8.19. The number of nitrogens with one attached hydrogen (secondary N) is 1. The summed E-state index contributed by atoms with van der Waals surface area (Å²) in [6.07, 6.45) is 1.40. The van der Waals surface area contributed by atoms with Crippen molar-refractivity contribution in [2.45, 2.75) is 6.54 Å². The van der Waals surface area contributed by atoms with Crippen LogP contribution in [0, 0.1) is 0 Å². The van der Waals surface area contributed by atoms with Gasteiger partial charge in [0.25, 0.3) is 11.5 Å². The summed E-state index contributed by atoms with van der Waals surface area (Å²) in [5, 5.41) is 10.7. The van der Waals surface area contributed by atoms with E-state index >= 15 is 0 Å². The third-order valence-electron chi connectivity index (χ3n) is 3.60. The van der Waals surface area contributed by atoms with Crippen molar-refractivity contribution in [2.24, 2.45) is 0 Å². The first-order valence-electron chi connectivity index (χ1n) is 7.43. The Kier molecular flexibility index (Phi) is 5.01. The van der Waals surface area contributed by atoms with Crippen LogP contribution in [0.1, 0.15) is 16.1 Å². The van der Waals surface area contributed by atoms with E-state index in [-0.39, 0.29) is 23.8 Å². The molecule has 2 N–H and O–H groups in total. The van der Waals surface area contributed by atoms with Gasteiger partial charge < -0.3 is 19.4 Å². The largest absolute Gasteiger partial charge is 0.501 e. The molecule has 1 amide bonds. The predicted octanol–water partition coefficient (Wildman–Crippen LogP) is 3.31. The number of aromatic hydroxyl groups is 1. The van der Waals surface area contributed by atoms with Crippen molar-refractivity contribution in [1.82, 2.24) is 14.9 Å². The quantitative estimate of drug-likeness (QED) is 0.707. The SMILES string of the molecule is CN(Cc1ccc(Cl)c(Cl)c1)C(=O)c1nc(-c2ccco2)[nH]c(=O)c1O. The van der Waals surface area contributed by atoms with E-state index in [2.05, 4.69) is 9.97 Å². The molecule has 0 saturated heterocycles. The molecule has 0 unspecified atom stereocenters. The van der Waals surface area contributed by atoms with E-state index in [1.54, 1.807) is 30.3 Å². The number of furan rings is 1. The van der Waals surface area contributed by atoms with Crippen molar-refractivity contribution < 1.29 is 14.3 Å². The summed E-state index contributed by atoms with van der Waals surface area (Å²) < 4.78 is 5.16. The fraction of sp³-hybridized carbons (Fsp3) is 0.118. The van der Waals surface area contributed by atoms with Crippen molar-refractivity contribution in [2.75, 3.05) is 7.05 Å². The van der Waals surface area contributed by atoms with Crippen molar-refractivity contribution in [3.8, 4) is 17.3 Å². The van der Waals surface area contributed by atoms with Crippen LogP contribution in [0.5, 0.6) is 5.75 Å². The van der Waals surface area contributed by atoms with Crippen LogP contribution < -0.4 is 5.56 Å². The third kappa shape index (κ3) is 3.58. The molecule has 0 saturated carbocycles. The zero-order valence-corrected chi connectivity index (χ0v) is 15.0. The zero-order valence-electron chi connectivity index (χ0n) is 13.5. The number of H-pyrrole nitrogens is 1. The minimum atomic E-state index is -0.835. The third-order valence-corrected chi connectivity index (χ3v) is 4.34. The monoisotopic (exact) mass is 393 g/mol. The van der Waals surface area contributed by atoms with Gasteiger partial charge in [-0.3, -0.25) is 9.59 Å². The van der Waals surface area contributed by atoms with Crippen LogP contribution in [0.25, 0.3) is 11.6 Å². The van der Waals surface area contributed by atoms with Crippen LogP contribution in [0.15, 0.2) is 45.8 Å². The van der Waals surface area contributed by atoms with Gasteiger partial charge in [0.05, 0.1) is 16.3 Å². The van der Waals surface area contributed by atoms with Gasteiger partial charge in [0.15, 0.2) is 17.3 Å². The summed E-state index contributed by atoms with van der Waals surface area (Å²) in [5.41, 5.74) is -0.480. The molecule has 7 nitrogen and oxygen atoms in total. The molecule has 0 aliphatic heterocycles. The van der Waals surface area contributed by atoms with Crippen LogP contribution in [0.2, 0.25) is 10.0 Å². The Balaban J connectivity index is 1.91. The van der Waals surface area contributed by atoms with Crippen LogP contribution in [-0.4, -0.2) is 32.9 Å². The molecule has 0 aliphatic carbocycles. The van der Waals surface area contributed by atoms with Gasteiger partial charge in [-0.1, -0.05) is 29.3 Å². The van der Waals surface area contributed by atoms with Crippen LogP contribution in [0.4, 0.5) is 0 Å². The highest BCUT2D eigenvalue weighted by Gasteiger charge is 2.22. The molecular formula is C17H13Cl2N3O4. The summed E-state index contributed by atoms with van der Waals surface area (Å²) in [7, 11) is 1.51. The van der Waals surface area contributed by atoms with E-state index in [4.69, 9.17) is 27.6 Å². The maximum Gasteiger partial charge on any atom is 0.294 e. The van der Waals surface area contributed by atoms with Gasteiger partial charge in [-0.2, -0.15) is 0 Å². The van der Waals surface area contributed by atoms with Gasteiger partial charge in [-0.25, -0.2) is 4.98 Å². The van der Waals surface area contributed by atoms with Crippen molar-refractivity contribution in [1.29, 1.82) is 0 Å². The van der Waals surface area contributed by atoms with Gasteiger partial charge in [0.1, 0.15) is 0 Å². The lowest BCUT2D eigenvalue weighted by molar-refractivity contribution is 0.0775. The molecule has 2 heterocycles. The molecule has 3 aromatic rings. The number of rotatable bonds is 4. The molecule has 26 heavy (non-hydrogen) atoms. The number of hydrogen-bond donors (Lipinski definition) is 2. The average Bonchev–Trinajstić information content (AvgIpc) is 3.14. The Labute approximate surface area is 157 Å². The van der Waals surface area contributed by atoms with Crippen molar-refractivity contribution in [3.05, 3.63) is 68.3 Å². The summed E-state index contributed by atoms with van der Waals surface area (Å²) >= 11 is 11.9. The maximum atomic E-state index is 12.7. The standard InChI is InChI=1S/C17H13Cl2N3O4/c1-22(8-9-4-5-10(18)11(19)7-9)17(25)13-14(23)16(24)21-15(20-13)12-3-2-6-26-12/h2-7,23H,8H2,1H3,(H,20,21,24). The van der Waals surface area contributed by atoms with E-state index in [1.165, 1.54) is 18.2 Å². The lowest BCUT2D eigenvalue weighted by atomic mass is 10.2. The second kappa shape index (κ2) is 7.23. The second-order valence-corrected chi connectivity index (χ2v) is 6.31. The van der Waals surface area contributed by atoms with E-state index in [0.29, 0.717) is 10.0 Å². The normalized spacial score (nSPS) is 10.7. The van der Waals surface area contributed by atoms with Crippen LogP contribution >= 0.6 is 23.2 Å². The molecule has 0 bridgehead atoms. The molecule has 2 aromatic heterocycles. The van der Waals surface area contributed by atoms with Gasteiger partial charge in [-0.05, 0) is 29.8 Å². The van der Waals surface area contributed by atoms with Gasteiger partial charge in [-0.15, -0.1) is 0 Å². The summed E-state index contributed by atoms with van der Waals surface area (Å²) in [4.78, 5) is 32.3. The molecule has 9 heteroatoms. The van der Waals surface area contributed by atoms with E-state index in [9.17, 15) is 14.7 Å². The predicted molar refractivity (Wildman–Crippen MR) is 96.5 cm³/mol. The summed E-state index contributed by atoms with van der Waals surface area (Å²) in [6, 6.07) is 8.16. The Morgan fingerprint density at radius 1 is 1.31 bits per heavy atom. The minimum Gasteiger partial charge on any atom is -0.501 e. The highest BCUT2D eigenvalue weighted by molar-refractivity contribution is 6.42. The number of hydrogen-bond acceptors (Lipinski definition) is 5. The first-order chi connectivity index (χ1) is 12.4. The minimum absolute atomic E-state index is 0.0455. The fourth-order valence-corrected chi connectivity index (χ4v) is 2.63. The van der Waals surface area contributed by atoms with E-state index in [1.807, 2.05) is 0 Å². The van der Waals surface area contributed by atoms with Crippen molar-refractivity contribution >= 4 is 29.1 Å². The molecule has 134 valence electrons. The maximum absolute atomic E-state index is 12.7. The number of carbonyl (C=O) groups is 1. The van der Waals surface area contributed by atoms with Crippen LogP contribution in [0.3, 0.4) is 0 Å². The Hall–Kier alpha value is -2.77. The number of aromatic amines is 1. The number of aromatic nitrogens is 2. The molecule has 0 atom stereocenters. The molecule has 0 radical (unpaired) electrons. The van der Waals surface area contributed by atoms with E-state index in [0.717, 1.165) is 5.56 Å². The molecule has 3 rings (SSSR count). The summed E-state index contributed by atoms with van der Waals surface area (Å²) in [5.74, 6) is -1.08. The van der Waals surface area contributed by atoms with E-state index < -0.39 is 17.2 Å². The second-order valence-electron chi connectivity index (χ2n) is 5.50. The number of nitrogens with zero attached hydrogens (tertiary/aromatic N) is 2. The van der Waals surface area contributed by atoms with Gasteiger partial charge in [0.2, 0.25) is 5.75 Å².